The Morgan fingerprint density at radius 3 is 2.53 bits per heavy atom. The van der Waals surface area contributed by atoms with Crippen LogP contribution >= 0.6 is 0 Å². The summed E-state index contributed by atoms with van der Waals surface area (Å²) in [6.45, 7) is -0.869. The highest BCUT2D eigenvalue weighted by Crippen LogP contribution is 2.33. The van der Waals surface area contributed by atoms with Crippen LogP contribution in [0, 0.1) is 5.82 Å². The molecule has 1 saturated heterocycles. The molecule has 0 aliphatic carbocycles. The normalized spacial score (nSPS) is 16.5. The Hall–Kier alpha value is -2.12. The van der Waals surface area contributed by atoms with E-state index in [2.05, 4.69) is 5.32 Å². The van der Waals surface area contributed by atoms with Crippen molar-refractivity contribution in [1.29, 1.82) is 0 Å². The Labute approximate surface area is 105 Å². The number of hydrogen-bond acceptors (Lipinski definition) is 2. The fourth-order valence-corrected chi connectivity index (χ4v) is 1.67. The van der Waals surface area contributed by atoms with Gasteiger partial charge >= 0.3 is 6.18 Å². The van der Waals surface area contributed by atoms with Crippen LogP contribution in [0.5, 0.6) is 0 Å². The highest BCUT2D eigenvalue weighted by molar-refractivity contribution is 6.04. The van der Waals surface area contributed by atoms with Crippen molar-refractivity contribution in [3.05, 3.63) is 29.6 Å². The summed E-state index contributed by atoms with van der Waals surface area (Å²) in [6, 6.07) is 1.72. The topological polar surface area (TPSA) is 49.4 Å². The zero-order valence-corrected chi connectivity index (χ0v) is 9.42. The van der Waals surface area contributed by atoms with Crippen molar-refractivity contribution in [3.8, 4) is 0 Å². The van der Waals surface area contributed by atoms with Gasteiger partial charge in [0.1, 0.15) is 12.4 Å². The molecular weight excluding hydrogens is 268 g/mol. The lowest BCUT2D eigenvalue weighted by atomic mass is 10.1. The fourth-order valence-electron chi connectivity index (χ4n) is 1.67. The lowest BCUT2D eigenvalue weighted by Crippen LogP contribution is -2.52. The number of hydrogen-bond donors (Lipinski definition) is 1. The molecule has 0 spiro atoms. The quantitative estimate of drug-likeness (QED) is 0.786. The van der Waals surface area contributed by atoms with Crippen LogP contribution in [0.25, 0.3) is 0 Å². The van der Waals surface area contributed by atoms with Gasteiger partial charge < -0.3 is 5.32 Å². The second-order valence-corrected chi connectivity index (χ2v) is 3.92. The summed E-state index contributed by atoms with van der Waals surface area (Å²) in [7, 11) is 0. The minimum absolute atomic E-state index is 0.367. The maximum absolute atomic E-state index is 13.5. The maximum Gasteiger partial charge on any atom is 0.416 e. The van der Waals surface area contributed by atoms with E-state index in [1.165, 1.54) is 0 Å². The highest BCUT2D eigenvalue weighted by Gasteiger charge is 2.33. The summed E-state index contributed by atoms with van der Waals surface area (Å²) in [5.41, 5.74) is -1.63. The first kappa shape index (κ1) is 13.3. The number of amides is 2. The number of benzene rings is 1. The summed E-state index contributed by atoms with van der Waals surface area (Å²) in [5.74, 6) is -2.22. The predicted octanol–water partition coefficient (Wildman–Crippen LogP) is 1.31. The van der Waals surface area contributed by atoms with Crippen molar-refractivity contribution in [1.82, 2.24) is 5.32 Å². The molecule has 1 aromatic rings. The first-order chi connectivity index (χ1) is 8.79. The number of nitrogens with zero attached hydrogens (tertiary/aromatic N) is 1. The van der Waals surface area contributed by atoms with Gasteiger partial charge in [0.25, 0.3) is 0 Å². The van der Waals surface area contributed by atoms with Crippen LogP contribution in [0.15, 0.2) is 18.2 Å². The van der Waals surface area contributed by atoms with Gasteiger partial charge in [0, 0.05) is 0 Å². The summed E-state index contributed by atoms with van der Waals surface area (Å²) >= 11 is 0. The molecule has 2 amide bonds. The van der Waals surface area contributed by atoms with Crippen molar-refractivity contribution in [2.75, 3.05) is 18.0 Å². The van der Waals surface area contributed by atoms with Crippen molar-refractivity contribution in [2.24, 2.45) is 0 Å². The minimum atomic E-state index is -4.65. The molecule has 0 unspecified atom stereocenters. The lowest BCUT2D eigenvalue weighted by molar-refractivity contribution is -0.137. The van der Waals surface area contributed by atoms with Crippen LogP contribution in [0.3, 0.4) is 0 Å². The highest BCUT2D eigenvalue weighted by atomic mass is 19.4. The van der Waals surface area contributed by atoms with Gasteiger partial charge in [-0.15, -0.1) is 0 Å². The number of halogens is 4. The molecule has 0 bridgehead atoms. The molecule has 0 aromatic heterocycles. The van der Waals surface area contributed by atoms with Gasteiger partial charge in [-0.3, -0.25) is 14.5 Å². The zero-order chi connectivity index (χ0) is 14.2. The van der Waals surface area contributed by atoms with Gasteiger partial charge in [0.05, 0.1) is 17.8 Å². The zero-order valence-electron chi connectivity index (χ0n) is 9.42. The van der Waals surface area contributed by atoms with E-state index in [1.807, 2.05) is 0 Å². The Bertz CT molecular complexity index is 542. The van der Waals surface area contributed by atoms with Crippen LogP contribution in [0.2, 0.25) is 0 Å². The molecule has 19 heavy (non-hydrogen) atoms. The van der Waals surface area contributed by atoms with E-state index in [0.717, 1.165) is 0 Å². The van der Waals surface area contributed by atoms with Crippen molar-refractivity contribution >= 4 is 17.5 Å². The second kappa shape index (κ2) is 4.52. The van der Waals surface area contributed by atoms with E-state index >= 15 is 0 Å². The number of piperazine rings is 1. The molecule has 8 heteroatoms. The molecule has 2 rings (SSSR count). The minimum Gasteiger partial charge on any atom is -0.345 e. The van der Waals surface area contributed by atoms with Crippen LogP contribution in [0.4, 0.5) is 23.2 Å². The summed E-state index contributed by atoms with van der Waals surface area (Å²) in [6.07, 6.45) is -4.65. The van der Waals surface area contributed by atoms with Gasteiger partial charge in [-0.1, -0.05) is 0 Å². The van der Waals surface area contributed by atoms with Gasteiger partial charge in [0.2, 0.25) is 11.8 Å². The monoisotopic (exact) mass is 276 g/mol. The first-order valence-electron chi connectivity index (χ1n) is 5.23. The number of carbonyl (C=O) groups excluding carboxylic acids is 2. The molecule has 1 aliphatic rings. The molecule has 1 heterocycles. The van der Waals surface area contributed by atoms with E-state index in [4.69, 9.17) is 0 Å². The fraction of sp³-hybridized carbons (Fsp3) is 0.273. The number of carbonyl (C=O) groups is 2. The third kappa shape index (κ3) is 2.67. The number of nitrogens with one attached hydrogen (secondary N) is 1. The summed E-state index contributed by atoms with van der Waals surface area (Å²) in [5, 5.41) is 2.22. The SMILES string of the molecule is O=C1CN(c2cc(C(F)(F)F)ccc2F)C(=O)CN1. The number of anilines is 1. The Kier molecular flexibility index (Phi) is 3.17. The van der Waals surface area contributed by atoms with Crippen molar-refractivity contribution in [2.45, 2.75) is 6.18 Å². The van der Waals surface area contributed by atoms with Crippen molar-refractivity contribution in [3.63, 3.8) is 0 Å². The Morgan fingerprint density at radius 2 is 1.89 bits per heavy atom. The van der Waals surface area contributed by atoms with Crippen LogP contribution in [0.1, 0.15) is 5.56 Å². The lowest BCUT2D eigenvalue weighted by Gasteiger charge is -2.27. The molecular formula is C11H8F4N2O2. The first-order valence-corrected chi connectivity index (χ1v) is 5.23. The van der Waals surface area contributed by atoms with Crippen molar-refractivity contribution < 1.29 is 27.2 Å². The number of alkyl halides is 3. The van der Waals surface area contributed by atoms with E-state index in [-0.39, 0.29) is 6.54 Å². The molecule has 1 N–H and O–H groups in total. The molecule has 0 saturated carbocycles. The van der Waals surface area contributed by atoms with E-state index < -0.39 is 41.6 Å². The molecule has 1 aromatic carbocycles. The van der Waals surface area contributed by atoms with Crippen LogP contribution in [-0.2, 0) is 15.8 Å². The molecule has 1 aliphatic heterocycles. The standard InChI is InChI=1S/C11H8F4N2O2/c12-7-2-1-6(11(13,14)15)3-8(7)17-5-9(18)16-4-10(17)19/h1-3H,4-5H2,(H,16,18). The van der Waals surface area contributed by atoms with Crippen LogP contribution in [-0.4, -0.2) is 24.9 Å². The average molecular weight is 276 g/mol. The van der Waals surface area contributed by atoms with Gasteiger partial charge in [-0.25, -0.2) is 4.39 Å². The van der Waals surface area contributed by atoms with Gasteiger partial charge in [0.15, 0.2) is 0 Å². The van der Waals surface area contributed by atoms with Crippen LogP contribution < -0.4 is 10.2 Å². The van der Waals surface area contributed by atoms with E-state index in [9.17, 15) is 27.2 Å². The third-order valence-electron chi connectivity index (χ3n) is 2.60. The Morgan fingerprint density at radius 1 is 1.21 bits per heavy atom. The predicted molar refractivity (Wildman–Crippen MR) is 56.8 cm³/mol. The molecule has 102 valence electrons. The average Bonchev–Trinajstić information content (AvgIpc) is 2.32. The van der Waals surface area contributed by atoms with Gasteiger partial charge in [-0.05, 0) is 18.2 Å². The molecule has 4 nitrogen and oxygen atoms in total. The van der Waals surface area contributed by atoms with E-state index in [0.29, 0.717) is 23.1 Å². The molecule has 0 radical (unpaired) electrons. The largest absolute Gasteiger partial charge is 0.416 e. The smallest absolute Gasteiger partial charge is 0.345 e. The number of rotatable bonds is 1. The maximum atomic E-state index is 13.5. The second-order valence-electron chi connectivity index (χ2n) is 3.92. The molecule has 1 fully saturated rings. The summed E-state index contributed by atoms with van der Waals surface area (Å²) in [4.78, 5) is 23.4. The molecule has 0 atom stereocenters. The van der Waals surface area contributed by atoms with E-state index in [1.54, 1.807) is 0 Å². The third-order valence-corrected chi connectivity index (χ3v) is 2.60. The Balaban J connectivity index is 2.43. The summed E-state index contributed by atoms with van der Waals surface area (Å²) < 4.78 is 51.2. The van der Waals surface area contributed by atoms with Gasteiger partial charge in [-0.2, -0.15) is 13.2 Å².